The summed E-state index contributed by atoms with van der Waals surface area (Å²) in [6, 6.07) is 8.35. The first-order valence-electron chi connectivity index (χ1n) is 5.69. The highest BCUT2D eigenvalue weighted by Gasteiger charge is 2.32. The zero-order chi connectivity index (χ0) is 14.6. The predicted octanol–water partition coefficient (Wildman–Crippen LogP) is 2.43. The lowest BCUT2D eigenvalue weighted by Gasteiger charge is -2.08. The van der Waals surface area contributed by atoms with Crippen LogP contribution in [0.5, 0.6) is 0 Å². The molecule has 2 aromatic rings. The van der Waals surface area contributed by atoms with Crippen molar-refractivity contribution in [1.82, 2.24) is 15.3 Å². The van der Waals surface area contributed by atoms with Crippen molar-refractivity contribution in [2.75, 3.05) is 0 Å². The fourth-order valence-electron chi connectivity index (χ4n) is 1.48. The van der Waals surface area contributed by atoms with E-state index in [-0.39, 0.29) is 12.2 Å². The van der Waals surface area contributed by atoms with Gasteiger partial charge in [-0.15, -0.1) is 0 Å². The third-order valence-electron chi connectivity index (χ3n) is 2.43. The summed E-state index contributed by atoms with van der Waals surface area (Å²) in [5.74, 6) is -0.679. The largest absolute Gasteiger partial charge is 0.433 e. The Kier molecular flexibility index (Phi) is 3.97. The van der Waals surface area contributed by atoms with Gasteiger partial charge in [0, 0.05) is 6.20 Å². The number of halogens is 3. The first-order chi connectivity index (χ1) is 9.47. The molecule has 2 aromatic heterocycles. The second-order valence-electron chi connectivity index (χ2n) is 3.91. The Bertz CT molecular complexity index is 599. The first kappa shape index (κ1) is 14.0. The molecule has 0 saturated heterocycles. The number of nitrogens with zero attached hydrogens (tertiary/aromatic N) is 2. The quantitative estimate of drug-likeness (QED) is 0.940. The maximum Gasteiger partial charge on any atom is 0.433 e. The third kappa shape index (κ3) is 3.53. The van der Waals surface area contributed by atoms with Crippen molar-refractivity contribution in [2.24, 2.45) is 0 Å². The summed E-state index contributed by atoms with van der Waals surface area (Å²) in [4.78, 5) is 19.0. The van der Waals surface area contributed by atoms with Gasteiger partial charge < -0.3 is 5.32 Å². The Morgan fingerprint density at radius 3 is 2.60 bits per heavy atom. The van der Waals surface area contributed by atoms with Crippen LogP contribution < -0.4 is 5.32 Å². The predicted molar refractivity (Wildman–Crippen MR) is 64.6 cm³/mol. The number of carbonyl (C=O) groups is 1. The van der Waals surface area contributed by atoms with Crippen molar-refractivity contribution >= 4 is 5.91 Å². The van der Waals surface area contributed by atoms with E-state index in [2.05, 4.69) is 15.3 Å². The molecule has 20 heavy (non-hydrogen) atoms. The van der Waals surface area contributed by atoms with Gasteiger partial charge in [0.1, 0.15) is 11.4 Å². The van der Waals surface area contributed by atoms with Gasteiger partial charge in [0.25, 0.3) is 5.91 Å². The van der Waals surface area contributed by atoms with Gasteiger partial charge in [-0.2, -0.15) is 13.2 Å². The topological polar surface area (TPSA) is 54.9 Å². The number of nitrogens with one attached hydrogen (secondary N) is 1. The van der Waals surface area contributed by atoms with E-state index < -0.39 is 17.8 Å². The zero-order valence-corrected chi connectivity index (χ0v) is 10.2. The molecule has 104 valence electrons. The fraction of sp³-hybridized carbons (Fsp3) is 0.154. The van der Waals surface area contributed by atoms with Crippen LogP contribution in [-0.4, -0.2) is 15.9 Å². The molecular formula is C13H10F3N3O. The first-order valence-corrected chi connectivity index (χ1v) is 5.69. The lowest BCUT2D eigenvalue weighted by Crippen LogP contribution is -2.25. The molecule has 7 heteroatoms. The van der Waals surface area contributed by atoms with E-state index in [1.165, 1.54) is 6.07 Å². The standard InChI is InChI=1S/C13H10F3N3O/c14-13(15,16)11-6-3-5-10(19-11)12(20)18-8-9-4-1-2-7-17-9/h1-7H,8H2,(H,18,20). The molecule has 0 spiro atoms. The lowest BCUT2D eigenvalue weighted by molar-refractivity contribution is -0.141. The number of rotatable bonds is 3. The number of hydrogen-bond acceptors (Lipinski definition) is 3. The summed E-state index contributed by atoms with van der Waals surface area (Å²) in [7, 11) is 0. The van der Waals surface area contributed by atoms with E-state index in [1.807, 2.05) is 0 Å². The van der Waals surface area contributed by atoms with E-state index >= 15 is 0 Å². The van der Waals surface area contributed by atoms with Crippen LogP contribution in [-0.2, 0) is 12.7 Å². The minimum atomic E-state index is -4.57. The van der Waals surface area contributed by atoms with Gasteiger partial charge in [-0.25, -0.2) is 4.98 Å². The highest BCUT2D eigenvalue weighted by atomic mass is 19.4. The Morgan fingerprint density at radius 2 is 1.95 bits per heavy atom. The summed E-state index contributed by atoms with van der Waals surface area (Å²) >= 11 is 0. The average Bonchev–Trinajstić information content (AvgIpc) is 2.45. The molecule has 0 unspecified atom stereocenters. The Morgan fingerprint density at radius 1 is 1.15 bits per heavy atom. The van der Waals surface area contributed by atoms with Crippen molar-refractivity contribution in [3.05, 3.63) is 59.7 Å². The van der Waals surface area contributed by atoms with E-state index in [4.69, 9.17) is 0 Å². The number of alkyl halides is 3. The lowest BCUT2D eigenvalue weighted by atomic mass is 10.2. The summed E-state index contributed by atoms with van der Waals surface area (Å²) < 4.78 is 37.4. The summed E-state index contributed by atoms with van der Waals surface area (Å²) in [6.45, 7) is 0.123. The normalized spacial score (nSPS) is 11.2. The smallest absolute Gasteiger partial charge is 0.345 e. The van der Waals surface area contributed by atoms with Crippen LogP contribution in [0, 0.1) is 0 Å². The zero-order valence-electron chi connectivity index (χ0n) is 10.2. The highest BCUT2D eigenvalue weighted by molar-refractivity contribution is 5.92. The average molecular weight is 281 g/mol. The Hall–Kier alpha value is -2.44. The summed E-state index contributed by atoms with van der Waals surface area (Å²) in [5.41, 5.74) is -0.772. The van der Waals surface area contributed by atoms with Gasteiger partial charge in [0.2, 0.25) is 0 Å². The minimum Gasteiger partial charge on any atom is -0.345 e. The van der Waals surface area contributed by atoms with Crippen molar-refractivity contribution in [1.29, 1.82) is 0 Å². The Labute approximate surface area is 112 Å². The van der Waals surface area contributed by atoms with Gasteiger partial charge in [0.15, 0.2) is 0 Å². The minimum absolute atomic E-state index is 0.123. The number of aromatic nitrogens is 2. The van der Waals surface area contributed by atoms with Crippen molar-refractivity contribution in [3.63, 3.8) is 0 Å². The number of carbonyl (C=O) groups excluding carboxylic acids is 1. The van der Waals surface area contributed by atoms with E-state index in [0.717, 1.165) is 12.1 Å². The molecule has 0 radical (unpaired) electrons. The molecule has 0 fully saturated rings. The van der Waals surface area contributed by atoms with Crippen molar-refractivity contribution in [2.45, 2.75) is 12.7 Å². The molecule has 0 aromatic carbocycles. The fourth-order valence-corrected chi connectivity index (χ4v) is 1.48. The van der Waals surface area contributed by atoms with Crippen LogP contribution >= 0.6 is 0 Å². The molecule has 0 bridgehead atoms. The van der Waals surface area contributed by atoms with Crippen LogP contribution in [0.2, 0.25) is 0 Å². The van der Waals surface area contributed by atoms with E-state index in [9.17, 15) is 18.0 Å². The molecule has 0 atom stereocenters. The van der Waals surface area contributed by atoms with Gasteiger partial charge >= 0.3 is 6.18 Å². The SMILES string of the molecule is O=C(NCc1ccccn1)c1cccc(C(F)(F)F)n1. The van der Waals surface area contributed by atoms with Crippen LogP contribution in [0.3, 0.4) is 0 Å². The van der Waals surface area contributed by atoms with Crippen LogP contribution in [0.1, 0.15) is 21.9 Å². The molecule has 2 heterocycles. The molecule has 0 saturated carbocycles. The Balaban J connectivity index is 2.06. The van der Waals surface area contributed by atoms with Crippen LogP contribution in [0.15, 0.2) is 42.6 Å². The molecular weight excluding hydrogens is 271 g/mol. The van der Waals surface area contributed by atoms with Crippen molar-refractivity contribution in [3.8, 4) is 0 Å². The molecule has 0 aliphatic heterocycles. The van der Waals surface area contributed by atoms with Gasteiger partial charge in [-0.1, -0.05) is 12.1 Å². The van der Waals surface area contributed by atoms with Gasteiger partial charge in [-0.05, 0) is 24.3 Å². The maximum atomic E-state index is 12.5. The summed E-state index contributed by atoms with van der Waals surface area (Å²) in [6.07, 6.45) is -3.01. The molecule has 1 amide bonds. The molecule has 0 aliphatic rings. The number of hydrogen-bond donors (Lipinski definition) is 1. The van der Waals surface area contributed by atoms with Crippen LogP contribution in [0.4, 0.5) is 13.2 Å². The third-order valence-corrected chi connectivity index (χ3v) is 2.43. The monoisotopic (exact) mass is 281 g/mol. The molecule has 1 N–H and O–H groups in total. The second kappa shape index (κ2) is 5.68. The van der Waals surface area contributed by atoms with Gasteiger partial charge in [0.05, 0.1) is 12.2 Å². The van der Waals surface area contributed by atoms with Gasteiger partial charge in [-0.3, -0.25) is 9.78 Å². The molecule has 0 aliphatic carbocycles. The molecule has 2 rings (SSSR count). The number of amides is 1. The van der Waals surface area contributed by atoms with E-state index in [1.54, 1.807) is 24.4 Å². The highest BCUT2D eigenvalue weighted by Crippen LogP contribution is 2.27. The van der Waals surface area contributed by atoms with Crippen LogP contribution in [0.25, 0.3) is 0 Å². The number of pyridine rings is 2. The summed E-state index contributed by atoms with van der Waals surface area (Å²) in [5, 5.41) is 2.46. The van der Waals surface area contributed by atoms with E-state index in [0.29, 0.717) is 5.69 Å². The second-order valence-corrected chi connectivity index (χ2v) is 3.91. The maximum absolute atomic E-state index is 12.5. The molecule has 4 nitrogen and oxygen atoms in total. The van der Waals surface area contributed by atoms with Crippen molar-refractivity contribution < 1.29 is 18.0 Å².